The van der Waals surface area contributed by atoms with Crippen molar-refractivity contribution in [2.45, 2.75) is 26.5 Å². The van der Waals surface area contributed by atoms with Gasteiger partial charge >= 0.3 is 0 Å². The van der Waals surface area contributed by atoms with Crippen LogP contribution in [-0.4, -0.2) is 8.42 Å². The Morgan fingerprint density at radius 1 is 1.18 bits per heavy atom. The van der Waals surface area contributed by atoms with Crippen molar-refractivity contribution >= 4 is 10.2 Å². The number of hydrogen-bond acceptors (Lipinski definition) is 3. The summed E-state index contributed by atoms with van der Waals surface area (Å²) in [4.78, 5) is 0. The van der Waals surface area contributed by atoms with E-state index in [1.807, 2.05) is 49.4 Å². The molecule has 5 nitrogen and oxygen atoms in total. The zero-order valence-electron chi connectivity index (χ0n) is 12.6. The average Bonchev–Trinajstić information content (AvgIpc) is 2.44. The lowest BCUT2D eigenvalue weighted by atomic mass is 10.1. The molecule has 2 rings (SSSR count). The summed E-state index contributed by atoms with van der Waals surface area (Å²) < 4.78 is 30.1. The van der Waals surface area contributed by atoms with Gasteiger partial charge in [-0.05, 0) is 37.1 Å². The fraction of sp³-hybridized carbons (Fsp3) is 0.250. The third kappa shape index (κ3) is 5.14. The normalized spacial score (nSPS) is 12.9. The number of benzene rings is 2. The summed E-state index contributed by atoms with van der Waals surface area (Å²) in [6.45, 7) is 4.26. The summed E-state index contributed by atoms with van der Waals surface area (Å²) in [6, 6.07) is 15.0. The Bertz CT molecular complexity index is 727. The molecule has 0 amide bonds. The summed E-state index contributed by atoms with van der Waals surface area (Å²) in [6.07, 6.45) is 0. The Labute approximate surface area is 131 Å². The number of ether oxygens (including phenoxy) is 1. The maximum Gasteiger partial charge on any atom is 0.274 e. The van der Waals surface area contributed by atoms with E-state index in [2.05, 4.69) is 10.8 Å². The molecule has 0 saturated heterocycles. The van der Waals surface area contributed by atoms with Gasteiger partial charge in [0.25, 0.3) is 10.2 Å². The van der Waals surface area contributed by atoms with E-state index in [0.717, 1.165) is 16.9 Å². The molecule has 0 radical (unpaired) electrons. The molecule has 0 bridgehead atoms. The van der Waals surface area contributed by atoms with E-state index in [1.165, 1.54) is 5.56 Å². The van der Waals surface area contributed by atoms with E-state index in [0.29, 0.717) is 6.61 Å². The second kappa shape index (κ2) is 6.91. The van der Waals surface area contributed by atoms with Crippen molar-refractivity contribution in [2.75, 3.05) is 0 Å². The van der Waals surface area contributed by atoms with Crippen LogP contribution in [0.2, 0.25) is 0 Å². The molecule has 1 atom stereocenters. The molecule has 0 aromatic heterocycles. The van der Waals surface area contributed by atoms with Crippen LogP contribution in [-0.2, 0) is 16.8 Å². The van der Waals surface area contributed by atoms with Crippen LogP contribution in [0.4, 0.5) is 0 Å². The van der Waals surface area contributed by atoms with Gasteiger partial charge < -0.3 is 4.74 Å². The van der Waals surface area contributed by atoms with E-state index in [9.17, 15) is 8.42 Å². The molecule has 0 aliphatic rings. The predicted octanol–water partition coefficient (Wildman–Crippen LogP) is 2.43. The molecular weight excluding hydrogens is 300 g/mol. The molecule has 0 saturated carbocycles. The number of rotatable bonds is 6. The molecule has 0 aliphatic heterocycles. The van der Waals surface area contributed by atoms with Gasteiger partial charge in [-0.25, -0.2) is 5.14 Å². The minimum atomic E-state index is -3.71. The van der Waals surface area contributed by atoms with Crippen molar-refractivity contribution in [1.29, 1.82) is 0 Å². The third-order valence-corrected chi connectivity index (χ3v) is 3.89. The number of nitrogens with two attached hydrogens (primary N) is 1. The second-order valence-corrected chi connectivity index (χ2v) is 6.56. The van der Waals surface area contributed by atoms with Gasteiger partial charge in [0.15, 0.2) is 0 Å². The van der Waals surface area contributed by atoms with Crippen molar-refractivity contribution < 1.29 is 13.2 Å². The van der Waals surface area contributed by atoms with Crippen LogP contribution < -0.4 is 14.6 Å². The third-order valence-electron chi connectivity index (χ3n) is 3.21. The first-order valence-corrected chi connectivity index (χ1v) is 8.46. The van der Waals surface area contributed by atoms with Gasteiger partial charge in [-0.1, -0.05) is 42.0 Å². The van der Waals surface area contributed by atoms with Gasteiger partial charge in [0.1, 0.15) is 12.4 Å². The maximum absolute atomic E-state index is 11.0. The molecule has 2 aromatic carbocycles. The smallest absolute Gasteiger partial charge is 0.274 e. The van der Waals surface area contributed by atoms with Gasteiger partial charge in [-0.3, -0.25) is 0 Å². The summed E-state index contributed by atoms with van der Waals surface area (Å²) in [5.74, 6) is 0.730. The van der Waals surface area contributed by atoms with Gasteiger partial charge in [-0.2, -0.15) is 13.1 Å². The Morgan fingerprint density at radius 3 is 2.45 bits per heavy atom. The van der Waals surface area contributed by atoms with Crippen molar-refractivity contribution in [1.82, 2.24) is 4.72 Å². The summed E-state index contributed by atoms with van der Waals surface area (Å²) in [7, 11) is -3.71. The maximum atomic E-state index is 11.0. The monoisotopic (exact) mass is 320 g/mol. The van der Waals surface area contributed by atoms with E-state index in [4.69, 9.17) is 9.88 Å². The Hall–Kier alpha value is -1.89. The molecule has 0 aliphatic carbocycles. The van der Waals surface area contributed by atoms with Crippen LogP contribution in [0.15, 0.2) is 48.5 Å². The highest BCUT2D eigenvalue weighted by atomic mass is 32.2. The van der Waals surface area contributed by atoms with E-state index >= 15 is 0 Å². The lowest BCUT2D eigenvalue weighted by Gasteiger charge is -2.13. The van der Waals surface area contributed by atoms with E-state index in [-0.39, 0.29) is 6.04 Å². The van der Waals surface area contributed by atoms with Crippen molar-refractivity contribution in [3.8, 4) is 5.75 Å². The van der Waals surface area contributed by atoms with Crippen molar-refractivity contribution in [3.63, 3.8) is 0 Å². The zero-order chi connectivity index (χ0) is 16.2. The molecule has 0 unspecified atom stereocenters. The fourth-order valence-electron chi connectivity index (χ4n) is 2.14. The highest BCUT2D eigenvalue weighted by Crippen LogP contribution is 2.19. The quantitative estimate of drug-likeness (QED) is 0.857. The average molecular weight is 320 g/mol. The predicted molar refractivity (Wildman–Crippen MR) is 86.6 cm³/mol. The molecule has 2 aromatic rings. The molecular formula is C16H20N2O3S. The Balaban J connectivity index is 1.97. The minimum Gasteiger partial charge on any atom is -0.489 e. The lowest BCUT2D eigenvalue weighted by Crippen LogP contribution is -2.32. The van der Waals surface area contributed by atoms with Crippen molar-refractivity contribution in [3.05, 3.63) is 65.2 Å². The largest absolute Gasteiger partial charge is 0.489 e. The topological polar surface area (TPSA) is 81.4 Å². The summed E-state index contributed by atoms with van der Waals surface area (Å²) >= 11 is 0. The molecule has 0 heterocycles. The first-order valence-electron chi connectivity index (χ1n) is 6.92. The number of nitrogens with one attached hydrogen (secondary N) is 1. The SMILES string of the molecule is Cc1cccc(COc2ccc([C@@H](C)NS(N)(=O)=O)cc2)c1. The second-order valence-electron chi connectivity index (χ2n) is 5.23. The first kappa shape index (κ1) is 16.5. The first-order chi connectivity index (χ1) is 10.3. The van der Waals surface area contributed by atoms with Gasteiger partial charge in [0.2, 0.25) is 0 Å². The zero-order valence-corrected chi connectivity index (χ0v) is 13.4. The van der Waals surface area contributed by atoms with E-state index in [1.54, 1.807) is 6.92 Å². The summed E-state index contributed by atoms with van der Waals surface area (Å²) in [5.41, 5.74) is 3.12. The molecule has 22 heavy (non-hydrogen) atoms. The Morgan fingerprint density at radius 2 is 1.86 bits per heavy atom. The molecule has 3 N–H and O–H groups in total. The van der Waals surface area contributed by atoms with Crippen LogP contribution in [0.5, 0.6) is 5.75 Å². The van der Waals surface area contributed by atoms with Crippen LogP contribution >= 0.6 is 0 Å². The molecule has 0 fully saturated rings. The standard InChI is InChI=1S/C16H20N2O3S/c1-12-4-3-5-14(10-12)11-21-16-8-6-15(7-9-16)13(2)18-22(17,19)20/h3-10,13,18H,11H2,1-2H3,(H2,17,19,20)/t13-/m1/s1. The highest BCUT2D eigenvalue weighted by molar-refractivity contribution is 7.87. The van der Waals surface area contributed by atoms with E-state index < -0.39 is 10.2 Å². The molecule has 118 valence electrons. The minimum absolute atomic E-state index is 0.388. The fourth-order valence-corrected chi connectivity index (χ4v) is 2.76. The lowest BCUT2D eigenvalue weighted by molar-refractivity contribution is 0.306. The van der Waals surface area contributed by atoms with Crippen molar-refractivity contribution in [2.24, 2.45) is 5.14 Å². The van der Waals surface area contributed by atoms with Crippen LogP contribution in [0.25, 0.3) is 0 Å². The molecule has 0 spiro atoms. The molecule has 6 heteroatoms. The number of aryl methyl sites for hydroxylation is 1. The highest BCUT2D eigenvalue weighted by Gasteiger charge is 2.11. The van der Waals surface area contributed by atoms with Gasteiger partial charge in [0, 0.05) is 6.04 Å². The van der Waals surface area contributed by atoms with Crippen LogP contribution in [0, 0.1) is 6.92 Å². The summed E-state index contributed by atoms with van der Waals surface area (Å²) in [5, 5.41) is 4.96. The van der Waals surface area contributed by atoms with Gasteiger partial charge in [-0.15, -0.1) is 0 Å². The number of hydrogen-bond donors (Lipinski definition) is 2. The van der Waals surface area contributed by atoms with Crippen LogP contribution in [0.1, 0.15) is 29.7 Å². The Kier molecular flexibility index (Phi) is 5.18. The van der Waals surface area contributed by atoms with Gasteiger partial charge in [0.05, 0.1) is 0 Å². The van der Waals surface area contributed by atoms with Crippen LogP contribution in [0.3, 0.4) is 0 Å².